The summed E-state index contributed by atoms with van der Waals surface area (Å²) in [6, 6.07) is 9.86. The van der Waals surface area contributed by atoms with Gasteiger partial charge in [-0.3, -0.25) is 4.79 Å². The highest BCUT2D eigenvalue weighted by atomic mass is 32.1. The SMILES string of the molecule is NCc1ccccc1CNC(=O)Cc1ccsc1. The van der Waals surface area contributed by atoms with Crippen molar-refractivity contribution in [3.05, 3.63) is 57.8 Å². The summed E-state index contributed by atoms with van der Waals surface area (Å²) >= 11 is 1.61. The number of carbonyl (C=O) groups excluding carboxylic acids is 1. The monoisotopic (exact) mass is 260 g/mol. The average molecular weight is 260 g/mol. The largest absolute Gasteiger partial charge is 0.352 e. The molecular formula is C14H16N2OS. The molecule has 0 saturated heterocycles. The molecule has 2 rings (SSSR count). The second-order valence-electron chi connectivity index (χ2n) is 4.06. The lowest BCUT2D eigenvalue weighted by molar-refractivity contribution is -0.120. The van der Waals surface area contributed by atoms with Gasteiger partial charge in [-0.25, -0.2) is 0 Å². The summed E-state index contributed by atoms with van der Waals surface area (Å²) in [4.78, 5) is 11.7. The summed E-state index contributed by atoms with van der Waals surface area (Å²) in [5, 5.41) is 6.89. The van der Waals surface area contributed by atoms with Gasteiger partial charge in [0.25, 0.3) is 0 Å². The van der Waals surface area contributed by atoms with Crippen LogP contribution in [0.2, 0.25) is 0 Å². The topological polar surface area (TPSA) is 55.1 Å². The molecule has 2 aromatic rings. The van der Waals surface area contributed by atoms with Crippen molar-refractivity contribution in [3.8, 4) is 0 Å². The van der Waals surface area contributed by atoms with Gasteiger partial charge in [-0.1, -0.05) is 24.3 Å². The van der Waals surface area contributed by atoms with E-state index in [1.54, 1.807) is 11.3 Å². The van der Waals surface area contributed by atoms with Gasteiger partial charge in [0, 0.05) is 13.1 Å². The van der Waals surface area contributed by atoms with Crippen LogP contribution in [0.1, 0.15) is 16.7 Å². The highest BCUT2D eigenvalue weighted by molar-refractivity contribution is 7.07. The van der Waals surface area contributed by atoms with E-state index in [9.17, 15) is 4.79 Å². The van der Waals surface area contributed by atoms with Gasteiger partial charge in [-0.05, 0) is 33.5 Å². The standard InChI is InChI=1S/C14H16N2OS/c15-8-12-3-1-2-4-13(12)9-16-14(17)7-11-5-6-18-10-11/h1-6,10H,7-9,15H2,(H,16,17). The zero-order valence-corrected chi connectivity index (χ0v) is 10.9. The number of rotatable bonds is 5. The molecular weight excluding hydrogens is 244 g/mol. The summed E-state index contributed by atoms with van der Waals surface area (Å²) in [5.41, 5.74) is 8.87. The third-order valence-electron chi connectivity index (χ3n) is 2.76. The van der Waals surface area contributed by atoms with Crippen molar-refractivity contribution in [1.82, 2.24) is 5.32 Å². The molecule has 0 unspecified atom stereocenters. The molecule has 1 heterocycles. The Morgan fingerprint density at radius 2 is 2.00 bits per heavy atom. The van der Waals surface area contributed by atoms with Gasteiger partial charge in [0.1, 0.15) is 0 Å². The van der Waals surface area contributed by atoms with E-state index in [1.165, 1.54) is 0 Å². The van der Waals surface area contributed by atoms with Gasteiger partial charge in [-0.15, -0.1) is 0 Å². The first kappa shape index (κ1) is 12.8. The Hall–Kier alpha value is -1.65. The minimum Gasteiger partial charge on any atom is -0.352 e. The van der Waals surface area contributed by atoms with Gasteiger partial charge in [-0.2, -0.15) is 11.3 Å². The summed E-state index contributed by atoms with van der Waals surface area (Å²) in [6.45, 7) is 1.03. The first-order chi connectivity index (χ1) is 8.79. The van der Waals surface area contributed by atoms with Crippen LogP contribution < -0.4 is 11.1 Å². The first-order valence-corrected chi connectivity index (χ1v) is 6.78. The lowest BCUT2D eigenvalue weighted by Gasteiger charge is -2.08. The highest BCUT2D eigenvalue weighted by Gasteiger charge is 2.05. The van der Waals surface area contributed by atoms with Crippen molar-refractivity contribution in [1.29, 1.82) is 0 Å². The summed E-state index contributed by atoms with van der Waals surface area (Å²) in [7, 11) is 0. The molecule has 4 heteroatoms. The Morgan fingerprint density at radius 1 is 1.22 bits per heavy atom. The molecule has 1 aromatic carbocycles. The second kappa shape index (κ2) is 6.33. The molecule has 18 heavy (non-hydrogen) atoms. The van der Waals surface area contributed by atoms with E-state index in [0.29, 0.717) is 19.5 Å². The van der Waals surface area contributed by atoms with Gasteiger partial charge in [0.15, 0.2) is 0 Å². The molecule has 0 aliphatic rings. The van der Waals surface area contributed by atoms with Crippen LogP contribution in [0.3, 0.4) is 0 Å². The van der Waals surface area contributed by atoms with E-state index in [2.05, 4.69) is 5.32 Å². The molecule has 0 aliphatic carbocycles. The molecule has 94 valence electrons. The fourth-order valence-electron chi connectivity index (χ4n) is 1.76. The van der Waals surface area contributed by atoms with Crippen molar-refractivity contribution >= 4 is 17.2 Å². The Labute approximate surface area is 111 Å². The van der Waals surface area contributed by atoms with Crippen LogP contribution in [-0.2, 0) is 24.3 Å². The molecule has 1 aromatic heterocycles. The van der Waals surface area contributed by atoms with E-state index >= 15 is 0 Å². The van der Waals surface area contributed by atoms with E-state index in [0.717, 1.165) is 16.7 Å². The number of nitrogens with two attached hydrogens (primary N) is 1. The van der Waals surface area contributed by atoms with E-state index in [4.69, 9.17) is 5.73 Å². The number of amides is 1. The molecule has 0 fully saturated rings. The molecule has 0 bridgehead atoms. The maximum atomic E-state index is 11.7. The van der Waals surface area contributed by atoms with Crippen molar-refractivity contribution in [2.75, 3.05) is 0 Å². The molecule has 0 aliphatic heterocycles. The van der Waals surface area contributed by atoms with Gasteiger partial charge >= 0.3 is 0 Å². The molecule has 0 spiro atoms. The van der Waals surface area contributed by atoms with Crippen molar-refractivity contribution in [3.63, 3.8) is 0 Å². The fraction of sp³-hybridized carbons (Fsp3) is 0.214. The molecule has 0 atom stereocenters. The minimum absolute atomic E-state index is 0.0419. The van der Waals surface area contributed by atoms with Crippen LogP contribution in [0.5, 0.6) is 0 Å². The summed E-state index contributed by atoms with van der Waals surface area (Å²) < 4.78 is 0. The fourth-order valence-corrected chi connectivity index (χ4v) is 2.43. The van der Waals surface area contributed by atoms with Crippen LogP contribution in [0.4, 0.5) is 0 Å². The Kier molecular flexibility index (Phi) is 4.50. The van der Waals surface area contributed by atoms with Crippen LogP contribution in [0.25, 0.3) is 0 Å². The third-order valence-corrected chi connectivity index (χ3v) is 3.49. The Morgan fingerprint density at radius 3 is 2.67 bits per heavy atom. The van der Waals surface area contributed by atoms with E-state index < -0.39 is 0 Å². The van der Waals surface area contributed by atoms with Crippen molar-refractivity contribution < 1.29 is 4.79 Å². The third kappa shape index (κ3) is 3.42. The number of thiophene rings is 1. The lowest BCUT2D eigenvalue weighted by Crippen LogP contribution is -2.25. The maximum Gasteiger partial charge on any atom is 0.224 e. The van der Waals surface area contributed by atoms with Crippen molar-refractivity contribution in [2.45, 2.75) is 19.5 Å². The Balaban J connectivity index is 1.89. The van der Waals surface area contributed by atoms with Gasteiger partial charge in [0.05, 0.1) is 6.42 Å². The maximum absolute atomic E-state index is 11.7. The summed E-state index contributed by atoms with van der Waals surface area (Å²) in [6.07, 6.45) is 0.439. The molecule has 0 radical (unpaired) electrons. The highest BCUT2D eigenvalue weighted by Crippen LogP contribution is 2.09. The summed E-state index contributed by atoms with van der Waals surface area (Å²) in [5.74, 6) is 0.0419. The van der Waals surface area contributed by atoms with Crippen LogP contribution >= 0.6 is 11.3 Å². The normalized spacial score (nSPS) is 10.3. The number of hydrogen-bond donors (Lipinski definition) is 2. The molecule has 0 saturated carbocycles. The van der Waals surface area contributed by atoms with Crippen LogP contribution in [0.15, 0.2) is 41.1 Å². The van der Waals surface area contributed by atoms with E-state index in [1.807, 2.05) is 41.1 Å². The number of benzene rings is 1. The van der Waals surface area contributed by atoms with E-state index in [-0.39, 0.29) is 5.91 Å². The minimum atomic E-state index is 0.0419. The number of carbonyl (C=O) groups is 1. The van der Waals surface area contributed by atoms with Crippen molar-refractivity contribution in [2.24, 2.45) is 5.73 Å². The first-order valence-electron chi connectivity index (χ1n) is 5.84. The Bertz CT molecular complexity index is 508. The van der Waals surface area contributed by atoms with Crippen LogP contribution in [0, 0.1) is 0 Å². The zero-order chi connectivity index (χ0) is 12.8. The smallest absolute Gasteiger partial charge is 0.224 e. The second-order valence-corrected chi connectivity index (χ2v) is 4.84. The molecule has 1 amide bonds. The number of nitrogens with one attached hydrogen (secondary N) is 1. The van der Waals surface area contributed by atoms with Crippen LogP contribution in [-0.4, -0.2) is 5.91 Å². The van der Waals surface area contributed by atoms with Gasteiger partial charge in [0.2, 0.25) is 5.91 Å². The lowest BCUT2D eigenvalue weighted by atomic mass is 10.1. The molecule has 3 N–H and O–H groups in total. The zero-order valence-electron chi connectivity index (χ0n) is 10.1. The average Bonchev–Trinajstić information content (AvgIpc) is 2.89. The number of hydrogen-bond acceptors (Lipinski definition) is 3. The quantitative estimate of drug-likeness (QED) is 0.864. The predicted octanol–water partition coefficient (Wildman–Crippen LogP) is 2.07. The van der Waals surface area contributed by atoms with Gasteiger partial charge < -0.3 is 11.1 Å². The molecule has 3 nitrogen and oxygen atoms in total. The predicted molar refractivity (Wildman–Crippen MR) is 74.2 cm³/mol.